The van der Waals surface area contributed by atoms with E-state index in [1.54, 1.807) is 62.9 Å². The molecule has 1 saturated carbocycles. The van der Waals surface area contributed by atoms with E-state index in [0.29, 0.717) is 54.0 Å². The zero-order valence-corrected chi connectivity index (χ0v) is 42.2. The van der Waals surface area contributed by atoms with Gasteiger partial charge < -0.3 is 42.1 Å². The molecule has 2 aliphatic rings. The molecular formula is C50H56Cl4F5N9O6. The van der Waals surface area contributed by atoms with Crippen LogP contribution in [0.4, 0.5) is 22.0 Å². The molecule has 1 aliphatic heterocycles. The molecule has 5 heterocycles. The van der Waals surface area contributed by atoms with Gasteiger partial charge in [0.15, 0.2) is 0 Å². The first-order valence-electron chi connectivity index (χ1n) is 22.7. The topological polar surface area (TPSA) is 237 Å². The lowest BCUT2D eigenvalue weighted by molar-refractivity contribution is -0.156. The Balaban J connectivity index is 0.000000244. The quantitative estimate of drug-likeness (QED) is 0.0403. The number of pyridine rings is 2. The van der Waals surface area contributed by atoms with Gasteiger partial charge in [-0.2, -0.15) is 13.2 Å². The van der Waals surface area contributed by atoms with Crippen molar-refractivity contribution >= 4 is 98.4 Å². The molecule has 8 rings (SSSR count). The first-order valence-corrected chi connectivity index (χ1v) is 24.2. The Kier molecular flexibility index (Phi) is 23.1. The van der Waals surface area contributed by atoms with Crippen molar-refractivity contribution in [1.29, 1.82) is 0 Å². The van der Waals surface area contributed by atoms with Crippen LogP contribution in [0, 0.1) is 29.4 Å². The predicted octanol–water partition coefficient (Wildman–Crippen LogP) is 9.44. The summed E-state index contributed by atoms with van der Waals surface area (Å²) in [7, 11) is 0. The number of nitrogens with two attached hydrogens (primary N) is 1. The molecule has 6 atom stereocenters. The van der Waals surface area contributed by atoms with Gasteiger partial charge >= 0.3 is 12.1 Å². The molecule has 6 aromatic rings. The number of carboxylic acid groups (broad SMARTS) is 1. The van der Waals surface area contributed by atoms with Gasteiger partial charge in [-0.15, -0.1) is 0 Å². The molecule has 3 amide bonds. The molecule has 400 valence electrons. The summed E-state index contributed by atoms with van der Waals surface area (Å²) in [6.07, 6.45) is 5.47. The number of aliphatic carboxylic acids is 1. The Morgan fingerprint density at radius 2 is 1.24 bits per heavy atom. The molecule has 24 heteroatoms. The van der Waals surface area contributed by atoms with E-state index in [9.17, 15) is 41.1 Å². The van der Waals surface area contributed by atoms with E-state index >= 15 is 0 Å². The third-order valence-electron chi connectivity index (χ3n) is 11.8. The molecule has 0 radical (unpaired) electrons. The molecule has 74 heavy (non-hydrogen) atoms. The number of alkyl halides is 3. The molecule has 2 unspecified atom stereocenters. The van der Waals surface area contributed by atoms with Gasteiger partial charge in [0.05, 0.1) is 38.1 Å². The third-order valence-corrected chi connectivity index (χ3v) is 13.0. The first kappa shape index (κ1) is 60.7. The van der Waals surface area contributed by atoms with E-state index in [4.69, 9.17) is 62.0 Å². The summed E-state index contributed by atoms with van der Waals surface area (Å²) in [4.78, 5) is 70.3. The van der Waals surface area contributed by atoms with Crippen LogP contribution in [-0.2, 0) is 49.9 Å². The smallest absolute Gasteiger partial charge is 0.446 e. The number of aromatic amines is 2. The summed E-state index contributed by atoms with van der Waals surface area (Å²) in [5, 5.41) is 23.5. The minimum atomic E-state index is -4.64. The van der Waals surface area contributed by atoms with Crippen LogP contribution in [0.5, 0.6) is 0 Å². The highest BCUT2D eigenvalue weighted by Gasteiger charge is 2.32. The number of carbonyl (C=O) groups excluding carboxylic acids is 4. The molecule has 0 bridgehead atoms. The normalized spacial score (nSPS) is 17.7. The number of nitrogens with zero attached hydrogens (tertiary/aromatic N) is 2. The zero-order chi connectivity index (χ0) is 53.6. The van der Waals surface area contributed by atoms with E-state index in [1.165, 1.54) is 12.1 Å². The van der Waals surface area contributed by atoms with Crippen molar-refractivity contribution < 1.29 is 51.0 Å². The fraction of sp³-hybridized carbons (Fsp3) is 0.380. The van der Waals surface area contributed by atoms with Crippen LogP contribution in [-0.4, -0.2) is 85.9 Å². The minimum Gasteiger partial charge on any atom is -0.481 e. The Bertz CT molecular complexity index is 2890. The molecule has 2 fully saturated rings. The molecule has 2 aromatic carbocycles. The van der Waals surface area contributed by atoms with Crippen molar-refractivity contribution in [2.24, 2.45) is 23.5 Å². The number of hydrogen-bond acceptors (Lipinski definition) is 9. The summed E-state index contributed by atoms with van der Waals surface area (Å²) < 4.78 is 57.6. The number of rotatable bonds is 13. The van der Waals surface area contributed by atoms with E-state index in [1.807, 2.05) is 12.1 Å². The standard InChI is InChI=1S/C23H24Cl2FN5O2.C13H14ClFO2.C11H13ClN4O.C2HF3O.CH4/c1-12(22(32)30-10-15-5-16-18(25)11-29-21(16)28-9-15)31-23(33)20-7-14(8-27-20)4-13-2-3-19(26)17(24)6-13;14-11-7-9(2-4-12(11)15)5-8-1-3-10(6-8)13(16)17;1-6(13)11(17)16-4-7-2-8-9(12)5-15-10(8)14-3-7;3-2(4,5)1-6;/h2-3,5-6,9,11-12,14,20,27H,4,7-8,10H2,1H3,(H,28,29)(H,30,32)(H,31,33);2,4,7-8,10H,1,3,5-6H2,(H,16,17);2-3,5-6H,4,13H2,1H3,(H,14,15)(H,16,17);1H;1H4/t12-,14-,20?;8-,10?;6-;;/m000../s1. The van der Waals surface area contributed by atoms with E-state index in [0.717, 1.165) is 57.9 Å². The first-order chi connectivity index (χ1) is 34.5. The van der Waals surface area contributed by atoms with Crippen LogP contribution in [0.3, 0.4) is 0 Å². The average molecular weight is 1120 g/mol. The van der Waals surface area contributed by atoms with Gasteiger partial charge in [-0.05, 0) is 129 Å². The third kappa shape index (κ3) is 18.5. The lowest BCUT2D eigenvalue weighted by Gasteiger charge is -2.17. The average Bonchev–Trinajstić information content (AvgIpc) is 4.18. The van der Waals surface area contributed by atoms with Gasteiger partial charge in [-0.1, -0.05) is 66.0 Å². The number of halogens is 9. The lowest BCUT2D eigenvalue weighted by Crippen LogP contribution is -2.49. The summed E-state index contributed by atoms with van der Waals surface area (Å²) in [5.74, 6) is -1.89. The molecular weight excluding hydrogens is 1060 g/mol. The second-order valence-corrected chi connectivity index (χ2v) is 19.2. The van der Waals surface area contributed by atoms with Gasteiger partial charge in [0.25, 0.3) is 0 Å². The van der Waals surface area contributed by atoms with Crippen molar-refractivity contribution in [3.63, 3.8) is 0 Å². The van der Waals surface area contributed by atoms with Crippen LogP contribution in [0.2, 0.25) is 20.1 Å². The van der Waals surface area contributed by atoms with Crippen molar-refractivity contribution in [3.8, 4) is 0 Å². The maximum absolute atomic E-state index is 13.3. The Labute approximate surface area is 443 Å². The van der Waals surface area contributed by atoms with Crippen molar-refractivity contribution in [2.45, 2.75) is 97.2 Å². The van der Waals surface area contributed by atoms with Crippen LogP contribution in [0.1, 0.15) is 69.2 Å². The number of aromatic nitrogens is 4. The monoisotopic (exact) mass is 1110 g/mol. The number of carbonyl (C=O) groups is 5. The Morgan fingerprint density at radius 1 is 0.757 bits per heavy atom. The van der Waals surface area contributed by atoms with Crippen molar-refractivity contribution in [1.82, 2.24) is 41.2 Å². The fourth-order valence-corrected chi connectivity index (χ4v) is 8.75. The molecule has 4 aromatic heterocycles. The number of carboxylic acids is 1. The van der Waals surface area contributed by atoms with E-state index < -0.39 is 42.1 Å². The fourth-order valence-electron chi connectivity index (χ4n) is 7.94. The highest BCUT2D eigenvalue weighted by Crippen LogP contribution is 2.34. The second kappa shape index (κ2) is 28.1. The highest BCUT2D eigenvalue weighted by atomic mass is 35.5. The minimum absolute atomic E-state index is 0. The van der Waals surface area contributed by atoms with Gasteiger partial charge in [-0.25, -0.2) is 18.7 Å². The van der Waals surface area contributed by atoms with Crippen LogP contribution in [0.25, 0.3) is 22.1 Å². The molecule has 0 spiro atoms. The summed E-state index contributed by atoms with van der Waals surface area (Å²) >= 11 is 23.7. The van der Waals surface area contributed by atoms with Crippen LogP contribution >= 0.6 is 46.4 Å². The van der Waals surface area contributed by atoms with Crippen LogP contribution in [0.15, 0.2) is 73.3 Å². The molecule has 1 saturated heterocycles. The number of amides is 3. The Hall–Kier alpha value is -5.90. The van der Waals surface area contributed by atoms with Gasteiger partial charge in [0.1, 0.15) is 29.0 Å². The molecule has 1 aliphatic carbocycles. The number of fused-ring (bicyclic) bond motifs is 2. The highest BCUT2D eigenvalue weighted by molar-refractivity contribution is 6.35. The Morgan fingerprint density at radius 3 is 1.69 bits per heavy atom. The summed E-state index contributed by atoms with van der Waals surface area (Å²) in [6.45, 7) is 4.60. The largest absolute Gasteiger partial charge is 0.481 e. The summed E-state index contributed by atoms with van der Waals surface area (Å²) in [6, 6.07) is 11.6. The second-order valence-electron chi connectivity index (χ2n) is 17.5. The van der Waals surface area contributed by atoms with Gasteiger partial charge in [0.2, 0.25) is 24.0 Å². The van der Waals surface area contributed by atoms with E-state index in [-0.39, 0.29) is 59.6 Å². The maximum Gasteiger partial charge on any atom is 0.446 e. The van der Waals surface area contributed by atoms with Crippen molar-refractivity contribution in [2.75, 3.05) is 6.54 Å². The van der Waals surface area contributed by atoms with Crippen LogP contribution < -0.4 is 27.0 Å². The number of aldehydes is 1. The number of nitrogens with one attached hydrogen (secondary N) is 6. The zero-order valence-electron chi connectivity index (χ0n) is 39.2. The van der Waals surface area contributed by atoms with Crippen molar-refractivity contribution in [3.05, 3.63) is 127 Å². The van der Waals surface area contributed by atoms with Gasteiger partial charge in [0, 0.05) is 48.6 Å². The summed E-state index contributed by atoms with van der Waals surface area (Å²) in [5.41, 5.74) is 10.4. The molecule has 15 nitrogen and oxygen atoms in total. The predicted molar refractivity (Wildman–Crippen MR) is 275 cm³/mol. The lowest BCUT2D eigenvalue weighted by atomic mass is 9.96. The number of benzene rings is 2. The SMILES string of the molecule is C.C[C@H](N)C(=O)NCc1cnc2[nH]cc(Cl)c2c1.C[C@H](NC(=O)C1C[C@H](Cc2ccc(F)c(Cl)c2)CN1)C(=O)NCc1cnc2[nH]cc(Cl)c2c1.O=C(O)C1CC[C@@H](Cc2ccc(F)c(Cl)c2)C1.O=CC(F)(F)F. The van der Waals surface area contributed by atoms with E-state index in [2.05, 4.69) is 41.2 Å². The number of H-pyrrole nitrogens is 2. The number of hydrogen-bond donors (Lipinski definition) is 8. The van der Waals surface area contributed by atoms with Gasteiger partial charge in [-0.3, -0.25) is 24.0 Å². The molecule has 9 N–H and O–H groups in total. The maximum atomic E-state index is 13.3.